The van der Waals surface area contributed by atoms with Crippen LogP contribution in [0, 0.1) is 0 Å². The van der Waals surface area contributed by atoms with Gasteiger partial charge in [-0.1, -0.05) is 13.8 Å². The molecule has 21 heavy (non-hydrogen) atoms. The molecule has 2 aromatic heterocycles. The summed E-state index contributed by atoms with van der Waals surface area (Å²) >= 11 is 3.05. The Balaban J connectivity index is 2.08. The predicted octanol–water partition coefficient (Wildman–Crippen LogP) is 3.13. The summed E-state index contributed by atoms with van der Waals surface area (Å²) in [6, 6.07) is 4.09. The lowest BCUT2D eigenvalue weighted by Crippen LogP contribution is -2.26. The van der Waals surface area contributed by atoms with E-state index in [2.05, 4.69) is 19.2 Å². The van der Waals surface area contributed by atoms with E-state index in [0.717, 1.165) is 10.4 Å². The van der Waals surface area contributed by atoms with Crippen molar-refractivity contribution in [2.45, 2.75) is 37.9 Å². The van der Waals surface area contributed by atoms with E-state index in [9.17, 15) is 8.42 Å². The molecule has 2 rings (SSSR count). The van der Waals surface area contributed by atoms with Gasteiger partial charge in [0.25, 0.3) is 0 Å². The minimum absolute atomic E-state index is 0.380. The smallest absolute Gasteiger partial charge is 0.243 e. The molecule has 0 radical (unpaired) electrons. The number of thiophene rings is 2. The first kappa shape index (κ1) is 16.6. The molecule has 0 aliphatic heterocycles. The Morgan fingerprint density at radius 3 is 2.71 bits per heavy atom. The summed E-state index contributed by atoms with van der Waals surface area (Å²) in [5.41, 5.74) is 1.02. The van der Waals surface area contributed by atoms with Crippen LogP contribution in [0.1, 0.15) is 24.3 Å². The van der Waals surface area contributed by atoms with Crippen LogP contribution in [0.25, 0.3) is 0 Å². The van der Waals surface area contributed by atoms with Crippen molar-refractivity contribution in [3.8, 4) is 0 Å². The molecule has 0 saturated heterocycles. The summed E-state index contributed by atoms with van der Waals surface area (Å²) < 4.78 is 26.5. The van der Waals surface area contributed by atoms with Gasteiger partial charge in [-0.25, -0.2) is 8.42 Å². The molecule has 0 bridgehead atoms. The molecule has 0 spiro atoms. The van der Waals surface area contributed by atoms with Gasteiger partial charge in [-0.05, 0) is 28.5 Å². The maximum Gasteiger partial charge on any atom is 0.243 e. The van der Waals surface area contributed by atoms with Crippen molar-refractivity contribution in [1.29, 1.82) is 0 Å². The van der Waals surface area contributed by atoms with Crippen LogP contribution in [-0.4, -0.2) is 25.8 Å². The number of hydrogen-bond acceptors (Lipinski definition) is 5. The highest BCUT2D eigenvalue weighted by Crippen LogP contribution is 2.23. The fourth-order valence-electron chi connectivity index (χ4n) is 1.80. The van der Waals surface area contributed by atoms with Crippen LogP contribution in [0.4, 0.5) is 0 Å². The van der Waals surface area contributed by atoms with Crippen molar-refractivity contribution in [1.82, 2.24) is 9.62 Å². The summed E-state index contributed by atoms with van der Waals surface area (Å²) in [5, 5.41) is 8.94. The largest absolute Gasteiger partial charge is 0.310 e. The molecule has 4 nitrogen and oxygen atoms in total. The third-order valence-corrected chi connectivity index (χ3v) is 6.61. The van der Waals surface area contributed by atoms with Gasteiger partial charge < -0.3 is 5.32 Å². The van der Waals surface area contributed by atoms with Gasteiger partial charge in [-0.2, -0.15) is 15.6 Å². The van der Waals surface area contributed by atoms with Crippen LogP contribution in [0.2, 0.25) is 0 Å². The molecule has 0 atom stereocenters. The highest BCUT2D eigenvalue weighted by Gasteiger charge is 2.22. The zero-order valence-electron chi connectivity index (χ0n) is 12.4. The first-order chi connectivity index (χ1) is 9.89. The van der Waals surface area contributed by atoms with Crippen molar-refractivity contribution < 1.29 is 8.42 Å². The lowest BCUT2D eigenvalue weighted by molar-refractivity contribution is 0.467. The molecule has 1 N–H and O–H groups in total. The maximum absolute atomic E-state index is 12.5. The van der Waals surface area contributed by atoms with Crippen LogP contribution in [0.15, 0.2) is 33.2 Å². The van der Waals surface area contributed by atoms with Crippen LogP contribution in [0.3, 0.4) is 0 Å². The Bertz CT molecular complexity index is 660. The van der Waals surface area contributed by atoms with Gasteiger partial charge in [0.1, 0.15) is 0 Å². The normalized spacial score (nSPS) is 12.4. The zero-order valence-corrected chi connectivity index (χ0v) is 14.8. The molecule has 2 aromatic rings. The van der Waals surface area contributed by atoms with E-state index < -0.39 is 10.0 Å². The Kier molecular flexibility index (Phi) is 5.56. The number of rotatable bonds is 7. The lowest BCUT2D eigenvalue weighted by Gasteiger charge is -2.15. The molecule has 0 amide bonds. The minimum Gasteiger partial charge on any atom is -0.310 e. The quantitative estimate of drug-likeness (QED) is 0.839. The van der Waals surface area contributed by atoms with Crippen molar-refractivity contribution in [3.63, 3.8) is 0 Å². The molecule has 0 aliphatic carbocycles. The second-order valence-electron chi connectivity index (χ2n) is 5.18. The lowest BCUT2D eigenvalue weighted by atomic mass is 10.3. The van der Waals surface area contributed by atoms with Gasteiger partial charge in [0.2, 0.25) is 10.0 Å². The molecule has 116 valence electrons. The van der Waals surface area contributed by atoms with E-state index >= 15 is 0 Å². The minimum atomic E-state index is -3.41. The Hall–Kier alpha value is -0.730. The molecule has 0 aliphatic rings. The monoisotopic (exact) mass is 344 g/mol. The van der Waals surface area contributed by atoms with E-state index in [1.807, 2.05) is 16.8 Å². The average molecular weight is 345 g/mol. The fraction of sp³-hybridized carbons (Fsp3) is 0.429. The van der Waals surface area contributed by atoms with Crippen molar-refractivity contribution >= 4 is 32.7 Å². The van der Waals surface area contributed by atoms with Gasteiger partial charge in [-0.3, -0.25) is 0 Å². The summed E-state index contributed by atoms with van der Waals surface area (Å²) in [6.07, 6.45) is 0. The summed E-state index contributed by atoms with van der Waals surface area (Å²) in [4.78, 5) is 1.41. The first-order valence-electron chi connectivity index (χ1n) is 6.68. The second kappa shape index (κ2) is 7.02. The van der Waals surface area contributed by atoms with Crippen molar-refractivity contribution in [3.05, 3.63) is 38.7 Å². The summed E-state index contributed by atoms with van der Waals surface area (Å²) in [5.74, 6) is 0. The zero-order chi connectivity index (χ0) is 15.5. The van der Waals surface area contributed by atoms with Crippen molar-refractivity contribution in [2.24, 2.45) is 0 Å². The number of sulfonamides is 1. The Labute approximate surface area is 134 Å². The fourth-order valence-corrected chi connectivity index (χ4v) is 4.83. The van der Waals surface area contributed by atoms with E-state index in [1.165, 1.54) is 15.6 Å². The first-order valence-corrected chi connectivity index (χ1v) is 9.94. The highest BCUT2D eigenvalue weighted by molar-refractivity contribution is 7.89. The standard InChI is InChI=1S/C14H20N2O2S3/c1-11(2)15-7-13-6-14(10-20-13)21(17,18)16(3)8-12-4-5-19-9-12/h4-6,9-11,15H,7-8H2,1-3H3. The Morgan fingerprint density at radius 1 is 1.33 bits per heavy atom. The second-order valence-corrected chi connectivity index (χ2v) is 9.00. The SMILES string of the molecule is CC(C)NCc1cc(S(=O)(=O)N(C)Cc2ccsc2)cs1. The van der Waals surface area contributed by atoms with Gasteiger partial charge in [0, 0.05) is 36.4 Å². The third-order valence-electron chi connectivity index (χ3n) is 3.01. The van der Waals surface area contributed by atoms with Gasteiger partial charge in [-0.15, -0.1) is 11.3 Å². The molecule has 2 heterocycles. The third kappa shape index (κ3) is 4.37. The average Bonchev–Trinajstić information content (AvgIpc) is 3.07. The van der Waals surface area contributed by atoms with E-state index in [0.29, 0.717) is 24.0 Å². The van der Waals surface area contributed by atoms with E-state index in [-0.39, 0.29) is 0 Å². The summed E-state index contributed by atoms with van der Waals surface area (Å²) in [7, 11) is -1.79. The molecule has 0 unspecified atom stereocenters. The molecule has 0 fully saturated rings. The van der Waals surface area contributed by atoms with Crippen LogP contribution in [0.5, 0.6) is 0 Å². The van der Waals surface area contributed by atoms with E-state index in [4.69, 9.17) is 0 Å². The van der Waals surface area contributed by atoms with Crippen LogP contribution >= 0.6 is 22.7 Å². The number of nitrogens with zero attached hydrogens (tertiary/aromatic N) is 1. The van der Waals surface area contributed by atoms with E-state index in [1.54, 1.807) is 29.8 Å². The Morgan fingerprint density at radius 2 is 2.10 bits per heavy atom. The molecule has 0 aromatic carbocycles. The van der Waals surface area contributed by atoms with Crippen LogP contribution < -0.4 is 5.32 Å². The predicted molar refractivity (Wildman–Crippen MR) is 89.3 cm³/mol. The molecule has 7 heteroatoms. The van der Waals surface area contributed by atoms with Crippen molar-refractivity contribution in [2.75, 3.05) is 7.05 Å². The number of nitrogens with one attached hydrogen (secondary N) is 1. The molecular formula is C14H20N2O2S3. The van der Waals surface area contributed by atoms with Gasteiger partial charge >= 0.3 is 0 Å². The van der Waals surface area contributed by atoms with Crippen LogP contribution in [-0.2, 0) is 23.1 Å². The number of hydrogen-bond donors (Lipinski definition) is 1. The topological polar surface area (TPSA) is 49.4 Å². The summed E-state index contributed by atoms with van der Waals surface area (Å²) in [6.45, 7) is 5.24. The molecule has 0 saturated carbocycles. The highest BCUT2D eigenvalue weighted by atomic mass is 32.2. The maximum atomic E-state index is 12.5. The molecular weight excluding hydrogens is 324 g/mol. The van der Waals surface area contributed by atoms with Gasteiger partial charge in [0.05, 0.1) is 4.90 Å². The van der Waals surface area contributed by atoms with Gasteiger partial charge in [0.15, 0.2) is 0 Å².